The highest BCUT2D eigenvalue weighted by Crippen LogP contribution is 2.23. The topological polar surface area (TPSA) is 96.2 Å². The zero-order chi connectivity index (χ0) is 26.5. The largest absolute Gasteiger partial charge is 0.355 e. The van der Waals surface area contributed by atoms with Crippen molar-refractivity contribution in [2.24, 2.45) is 11.7 Å². The molecule has 2 aromatic rings. The van der Waals surface area contributed by atoms with Gasteiger partial charge < -0.3 is 21.7 Å². The highest BCUT2D eigenvalue weighted by atomic mass is 16.2. The lowest BCUT2D eigenvalue weighted by atomic mass is 9.95. The summed E-state index contributed by atoms with van der Waals surface area (Å²) in [7, 11) is 0. The highest BCUT2D eigenvalue weighted by Gasteiger charge is 2.21. The zero-order valence-corrected chi connectivity index (χ0v) is 22.8. The van der Waals surface area contributed by atoms with Crippen LogP contribution in [0.25, 0.3) is 11.1 Å². The summed E-state index contributed by atoms with van der Waals surface area (Å²) in [5.41, 5.74) is 10.7. The molecule has 0 spiro atoms. The van der Waals surface area contributed by atoms with E-state index in [1.165, 1.54) is 16.7 Å². The molecule has 0 aliphatic heterocycles. The maximum atomic E-state index is 13.0. The number of nitrogens with one attached hydrogen (secondary N) is 3. The van der Waals surface area contributed by atoms with Crippen molar-refractivity contribution in [1.82, 2.24) is 16.0 Å². The molecule has 5 N–H and O–H groups in total. The fraction of sp³-hybridized carbons (Fsp3) is 0.533. The minimum Gasteiger partial charge on any atom is -0.355 e. The van der Waals surface area contributed by atoms with Crippen LogP contribution in [-0.2, 0) is 16.0 Å². The number of aryl methyl sites for hydroxylation is 1. The van der Waals surface area contributed by atoms with Crippen molar-refractivity contribution in [2.75, 3.05) is 13.1 Å². The molecule has 0 aliphatic carbocycles. The fourth-order valence-corrected chi connectivity index (χ4v) is 4.23. The molecule has 6 nitrogen and oxygen atoms in total. The number of carbonyl (C=O) groups excluding carboxylic acids is 2. The van der Waals surface area contributed by atoms with Gasteiger partial charge in [-0.2, -0.15) is 0 Å². The third kappa shape index (κ3) is 10.5. The standard InChI is InChI=1S/C30H46N4O2/c1-21(2)11-9-17-32-29(35)27(31)14-10-18-33-30(36)28(34-22(3)4)20-25-15-16-26(19-23(25)5)24-12-7-6-8-13-24/h6-8,12-13,15-16,19,21-22,27-28,34H,9-11,14,17-18,20,31H2,1-5H3,(H,32,35)(H,33,36)/t27-,28-/m0/s1. The molecule has 6 heteroatoms. The summed E-state index contributed by atoms with van der Waals surface area (Å²) in [5, 5.41) is 9.35. The van der Waals surface area contributed by atoms with Crippen molar-refractivity contribution in [3.63, 3.8) is 0 Å². The van der Waals surface area contributed by atoms with E-state index < -0.39 is 6.04 Å². The minimum absolute atomic E-state index is 0.0260. The molecule has 36 heavy (non-hydrogen) atoms. The van der Waals surface area contributed by atoms with Crippen molar-refractivity contribution in [2.45, 2.75) is 84.8 Å². The van der Waals surface area contributed by atoms with Crippen molar-refractivity contribution in [1.29, 1.82) is 0 Å². The predicted octanol–water partition coefficient (Wildman–Crippen LogP) is 4.35. The Morgan fingerprint density at radius 1 is 0.833 bits per heavy atom. The molecule has 2 rings (SSSR count). The summed E-state index contributed by atoms with van der Waals surface area (Å²) in [6.07, 6.45) is 3.86. The van der Waals surface area contributed by atoms with Gasteiger partial charge in [0.15, 0.2) is 0 Å². The van der Waals surface area contributed by atoms with Gasteiger partial charge in [0.25, 0.3) is 0 Å². The number of nitrogens with two attached hydrogens (primary N) is 1. The van der Waals surface area contributed by atoms with Crippen LogP contribution in [0.15, 0.2) is 48.5 Å². The summed E-state index contributed by atoms with van der Waals surface area (Å²) in [6.45, 7) is 11.7. The predicted molar refractivity (Wildman–Crippen MR) is 150 cm³/mol. The molecule has 198 valence electrons. The average molecular weight is 495 g/mol. The Morgan fingerprint density at radius 3 is 2.08 bits per heavy atom. The van der Waals surface area contributed by atoms with Crippen LogP contribution in [0, 0.1) is 12.8 Å². The lowest BCUT2D eigenvalue weighted by Crippen LogP contribution is -2.48. The van der Waals surface area contributed by atoms with Gasteiger partial charge in [-0.05, 0) is 67.2 Å². The average Bonchev–Trinajstić information content (AvgIpc) is 2.84. The van der Waals surface area contributed by atoms with Crippen LogP contribution in [-0.4, -0.2) is 43.0 Å². The van der Waals surface area contributed by atoms with Crippen molar-refractivity contribution >= 4 is 11.8 Å². The van der Waals surface area contributed by atoms with Gasteiger partial charge >= 0.3 is 0 Å². The highest BCUT2D eigenvalue weighted by molar-refractivity contribution is 5.82. The third-order valence-electron chi connectivity index (χ3n) is 6.31. The first-order valence-corrected chi connectivity index (χ1v) is 13.4. The summed E-state index contributed by atoms with van der Waals surface area (Å²) in [4.78, 5) is 25.2. The Hall–Kier alpha value is -2.70. The van der Waals surface area contributed by atoms with Gasteiger partial charge in [0.2, 0.25) is 11.8 Å². The number of benzene rings is 2. The number of hydrogen-bond acceptors (Lipinski definition) is 4. The minimum atomic E-state index is -0.545. The van der Waals surface area contributed by atoms with E-state index in [0.717, 1.165) is 18.4 Å². The molecule has 0 heterocycles. The molecule has 0 bridgehead atoms. The first-order chi connectivity index (χ1) is 17.2. The lowest BCUT2D eigenvalue weighted by Gasteiger charge is -2.22. The van der Waals surface area contributed by atoms with Crippen LogP contribution in [0.5, 0.6) is 0 Å². The summed E-state index contributed by atoms with van der Waals surface area (Å²) in [5.74, 6) is 0.492. The Balaban J connectivity index is 1.84. The molecule has 0 fully saturated rings. The molecular weight excluding hydrogens is 448 g/mol. The van der Waals surface area contributed by atoms with E-state index in [0.29, 0.717) is 38.3 Å². The van der Waals surface area contributed by atoms with Gasteiger partial charge in [-0.25, -0.2) is 0 Å². The van der Waals surface area contributed by atoms with Gasteiger partial charge in [-0.1, -0.05) is 76.2 Å². The number of amides is 2. The van der Waals surface area contributed by atoms with Crippen LogP contribution in [0.3, 0.4) is 0 Å². The number of rotatable bonds is 15. The molecule has 0 radical (unpaired) electrons. The number of hydrogen-bond donors (Lipinski definition) is 4. The summed E-state index contributed by atoms with van der Waals surface area (Å²) < 4.78 is 0. The van der Waals surface area contributed by atoms with Crippen LogP contribution >= 0.6 is 0 Å². The summed E-state index contributed by atoms with van der Waals surface area (Å²) in [6, 6.07) is 16.0. The Bertz CT molecular complexity index is 943. The smallest absolute Gasteiger partial charge is 0.237 e. The van der Waals surface area contributed by atoms with Gasteiger partial charge in [0.05, 0.1) is 12.1 Å². The maximum absolute atomic E-state index is 13.0. The summed E-state index contributed by atoms with van der Waals surface area (Å²) >= 11 is 0. The Morgan fingerprint density at radius 2 is 1.47 bits per heavy atom. The quantitative estimate of drug-likeness (QED) is 0.277. The van der Waals surface area contributed by atoms with Crippen LogP contribution < -0.4 is 21.7 Å². The fourth-order valence-electron chi connectivity index (χ4n) is 4.23. The third-order valence-corrected chi connectivity index (χ3v) is 6.31. The van der Waals surface area contributed by atoms with E-state index in [2.05, 4.69) is 67.1 Å². The molecule has 0 aromatic heterocycles. The second-order valence-corrected chi connectivity index (χ2v) is 10.5. The Labute approximate surface area is 217 Å². The first kappa shape index (κ1) is 29.5. The maximum Gasteiger partial charge on any atom is 0.237 e. The van der Waals surface area contributed by atoms with Crippen molar-refractivity contribution in [3.05, 3.63) is 59.7 Å². The van der Waals surface area contributed by atoms with Gasteiger partial charge in [0.1, 0.15) is 0 Å². The van der Waals surface area contributed by atoms with Crippen LogP contribution in [0.4, 0.5) is 0 Å². The molecule has 2 aromatic carbocycles. The Kier molecular flexibility index (Phi) is 12.6. The monoisotopic (exact) mass is 494 g/mol. The van der Waals surface area contributed by atoms with E-state index in [1.54, 1.807) is 0 Å². The SMILES string of the molecule is Cc1cc(-c2ccccc2)ccc1C[C@H](NC(C)C)C(=O)NCCC[C@H](N)C(=O)NCCCC(C)C. The first-order valence-electron chi connectivity index (χ1n) is 13.4. The van der Waals surface area contributed by atoms with Crippen LogP contribution in [0.1, 0.15) is 64.5 Å². The van der Waals surface area contributed by atoms with E-state index in [9.17, 15) is 9.59 Å². The normalized spacial score (nSPS) is 13.0. The van der Waals surface area contributed by atoms with Gasteiger partial charge in [-0.15, -0.1) is 0 Å². The van der Waals surface area contributed by atoms with Crippen molar-refractivity contribution in [3.8, 4) is 11.1 Å². The lowest BCUT2D eigenvalue weighted by molar-refractivity contribution is -0.123. The molecule has 0 unspecified atom stereocenters. The van der Waals surface area contributed by atoms with Crippen LogP contribution in [0.2, 0.25) is 0 Å². The number of carbonyl (C=O) groups is 2. The zero-order valence-electron chi connectivity index (χ0n) is 22.8. The second-order valence-electron chi connectivity index (χ2n) is 10.5. The molecule has 0 saturated carbocycles. The molecule has 2 amide bonds. The van der Waals surface area contributed by atoms with Crippen molar-refractivity contribution < 1.29 is 9.59 Å². The van der Waals surface area contributed by atoms with E-state index in [-0.39, 0.29) is 23.9 Å². The second kappa shape index (κ2) is 15.4. The molecule has 2 atom stereocenters. The molecular formula is C30H46N4O2. The van der Waals surface area contributed by atoms with Gasteiger partial charge in [-0.3, -0.25) is 9.59 Å². The molecule has 0 saturated heterocycles. The van der Waals surface area contributed by atoms with E-state index in [4.69, 9.17) is 5.73 Å². The van der Waals surface area contributed by atoms with E-state index in [1.807, 2.05) is 32.0 Å². The van der Waals surface area contributed by atoms with E-state index >= 15 is 0 Å². The molecule has 0 aliphatic rings. The van der Waals surface area contributed by atoms with Gasteiger partial charge in [0, 0.05) is 19.1 Å².